The van der Waals surface area contributed by atoms with Crippen molar-refractivity contribution >= 4 is 0 Å². The summed E-state index contributed by atoms with van der Waals surface area (Å²) in [5.41, 5.74) is 29.4. The van der Waals surface area contributed by atoms with Gasteiger partial charge in [-0.05, 0) is 0 Å². The SMILES string of the molecule is NCCN.NCCN.NCCN.[Mn]. The van der Waals surface area contributed by atoms with Crippen LogP contribution in [-0.4, -0.2) is 39.3 Å². The largest absolute Gasteiger partial charge is 0.329 e. The summed E-state index contributed by atoms with van der Waals surface area (Å²) in [6.45, 7) is 3.58. The van der Waals surface area contributed by atoms with Crippen LogP contribution < -0.4 is 34.4 Å². The molecule has 0 saturated carbocycles. The average Bonchev–Trinajstić information content (AvgIpc) is 2.18. The van der Waals surface area contributed by atoms with Crippen LogP contribution in [0.2, 0.25) is 0 Å². The Morgan fingerprint density at radius 1 is 0.385 bits per heavy atom. The van der Waals surface area contributed by atoms with Crippen molar-refractivity contribution in [3.8, 4) is 0 Å². The maximum atomic E-state index is 4.90. The molecule has 6 nitrogen and oxygen atoms in total. The molecule has 7 heteroatoms. The molecule has 0 atom stereocenters. The summed E-state index contributed by atoms with van der Waals surface area (Å²) in [4.78, 5) is 0. The fraction of sp³-hybridized carbons (Fsp3) is 1.00. The summed E-state index contributed by atoms with van der Waals surface area (Å²) in [6.07, 6.45) is 0. The van der Waals surface area contributed by atoms with Crippen molar-refractivity contribution in [1.29, 1.82) is 0 Å². The van der Waals surface area contributed by atoms with Crippen LogP contribution >= 0.6 is 0 Å². The standard InChI is InChI=1S/3C2H8N2.Mn/c3*3-1-2-4;/h3*1-4H2;. The van der Waals surface area contributed by atoms with Crippen LogP contribution in [0.15, 0.2) is 0 Å². The molecule has 1 radical (unpaired) electrons. The van der Waals surface area contributed by atoms with Crippen molar-refractivity contribution in [2.75, 3.05) is 39.3 Å². The summed E-state index contributed by atoms with van der Waals surface area (Å²) in [7, 11) is 0. The number of hydrogen-bond donors (Lipinski definition) is 6. The van der Waals surface area contributed by atoms with Gasteiger partial charge in [0.1, 0.15) is 0 Å². The van der Waals surface area contributed by atoms with Crippen molar-refractivity contribution in [3.05, 3.63) is 0 Å². The molecule has 0 aromatic heterocycles. The van der Waals surface area contributed by atoms with Gasteiger partial charge in [-0.2, -0.15) is 0 Å². The van der Waals surface area contributed by atoms with Gasteiger partial charge >= 0.3 is 0 Å². The molecule has 0 fully saturated rings. The van der Waals surface area contributed by atoms with Gasteiger partial charge in [0.2, 0.25) is 0 Å². The van der Waals surface area contributed by atoms with Crippen LogP contribution in [0.3, 0.4) is 0 Å². The van der Waals surface area contributed by atoms with E-state index < -0.39 is 0 Å². The first-order valence-electron chi connectivity index (χ1n) is 3.95. The predicted octanol–water partition coefficient (Wildman–Crippen LogP) is -3.29. The average molecular weight is 235 g/mol. The Balaban J connectivity index is -0.0000000450. The Bertz CT molecular complexity index is 32.6. The summed E-state index contributed by atoms with van der Waals surface area (Å²) in [5, 5.41) is 0. The van der Waals surface area contributed by atoms with Crippen LogP contribution in [0, 0.1) is 0 Å². The second-order valence-corrected chi connectivity index (χ2v) is 1.73. The summed E-state index contributed by atoms with van der Waals surface area (Å²) in [6, 6.07) is 0. The normalized spacial score (nSPS) is 6.92. The minimum atomic E-state index is 0. The second-order valence-electron chi connectivity index (χ2n) is 1.73. The van der Waals surface area contributed by atoms with E-state index in [1.54, 1.807) is 0 Å². The molecule has 0 bridgehead atoms. The molecule has 0 rings (SSSR count). The molecule has 0 heterocycles. The van der Waals surface area contributed by atoms with Crippen molar-refractivity contribution in [3.63, 3.8) is 0 Å². The van der Waals surface area contributed by atoms with Crippen LogP contribution in [0.1, 0.15) is 0 Å². The van der Waals surface area contributed by atoms with E-state index in [0.29, 0.717) is 39.3 Å². The Morgan fingerprint density at radius 3 is 0.462 bits per heavy atom. The fourth-order valence-corrected chi connectivity index (χ4v) is 0. The zero-order valence-corrected chi connectivity index (χ0v) is 9.27. The van der Waals surface area contributed by atoms with Crippen molar-refractivity contribution < 1.29 is 17.1 Å². The zero-order chi connectivity index (χ0) is 10.2. The van der Waals surface area contributed by atoms with Gasteiger partial charge < -0.3 is 34.4 Å². The van der Waals surface area contributed by atoms with E-state index in [1.165, 1.54) is 0 Å². The topological polar surface area (TPSA) is 156 Å². The zero-order valence-electron chi connectivity index (χ0n) is 8.08. The van der Waals surface area contributed by atoms with Crippen LogP contribution in [0.4, 0.5) is 0 Å². The molecule has 0 unspecified atom stereocenters. The molecule has 85 valence electrons. The van der Waals surface area contributed by atoms with Crippen LogP contribution in [0.5, 0.6) is 0 Å². The third-order valence-electron chi connectivity index (χ3n) is 0.500. The summed E-state index contributed by atoms with van der Waals surface area (Å²) < 4.78 is 0. The van der Waals surface area contributed by atoms with Gasteiger partial charge in [0.15, 0.2) is 0 Å². The van der Waals surface area contributed by atoms with E-state index in [1.807, 2.05) is 0 Å². The van der Waals surface area contributed by atoms with Gasteiger partial charge in [-0.1, -0.05) is 0 Å². The molecule has 0 aliphatic carbocycles. The molecule has 0 spiro atoms. The Morgan fingerprint density at radius 2 is 0.462 bits per heavy atom. The molecular formula is C6H24MnN6. The van der Waals surface area contributed by atoms with E-state index in [0.717, 1.165) is 0 Å². The molecule has 0 saturated heterocycles. The van der Waals surface area contributed by atoms with Gasteiger partial charge in [0.05, 0.1) is 0 Å². The maximum absolute atomic E-state index is 4.90. The first-order chi connectivity index (χ1) is 5.74. The number of hydrogen-bond acceptors (Lipinski definition) is 6. The molecule has 0 aliphatic rings. The third-order valence-corrected chi connectivity index (χ3v) is 0.500. The predicted molar refractivity (Wildman–Crippen MR) is 54.3 cm³/mol. The maximum Gasteiger partial charge on any atom is 0.00461 e. The van der Waals surface area contributed by atoms with Crippen molar-refractivity contribution in [1.82, 2.24) is 0 Å². The Hall–Kier alpha value is 0.279. The van der Waals surface area contributed by atoms with Crippen molar-refractivity contribution in [2.24, 2.45) is 34.4 Å². The smallest absolute Gasteiger partial charge is 0.00461 e. The van der Waals surface area contributed by atoms with E-state index in [-0.39, 0.29) is 17.1 Å². The summed E-state index contributed by atoms with van der Waals surface area (Å²) >= 11 is 0. The monoisotopic (exact) mass is 235 g/mol. The Kier molecular flexibility index (Phi) is 70.9. The minimum absolute atomic E-state index is 0. The number of nitrogens with two attached hydrogens (primary N) is 6. The first-order valence-corrected chi connectivity index (χ1v) is 3.95. The quantitative estimate of drug-likeness (QED) is 0.281. The minimum Gasteiger partial charge on any atom is -0.329 e. The summed E-state index contributed by atoms with van der Waals surface area (Å²) in [5.74, 6) is 0. The van der Waals surface area contributed by atoms with Gasteiger partial charge in [-0.3, -0.25) is 0 Å². The fourth-order valence-electron chi connectivity index (χ4n) is 0. The van der Waals surface area contributed by atoms with E-state index in [9.17, 15) is 0 Å². The van der Waals surface area contributed by atoms with Gasteiger partial charge in [0, 0.05) is 56.3 Å². The second kappa shape index (κ2) is 39.6. The molecule has 0 aromatic rings. The van der Waals surface area contributed by atoms with Crippen molar-refractivity contribution in [2.45, 2.75) is 0 Å². The van der Waals surface area contributed by atoms with E-state index >= 15 is 0 Å². The molecule has 0 amide bonds. The molecule has 0 aromatic carbocycles. The van der Waals surface area contributed by atoms with Gasteiger partial charge in [0.25, 0.3) is 0 Å². The first kappa shape index (κ1) is 23.3. The molecule has 12 N–H and O–H groups in total. The van der Waals surface area contributed by atoms with Gasteiger partial charge in [-0.15, -0.1) is 0 Å². The molecule has 13 heavy (non-hydrogen) atoms. The third kappa shape index (κ3) is 121. The Labute approximate surface area is 91.2 Å². The molecular weight excluding hydrogens is 211 g/mol. The number of rotatable bonds is 3. The van der Waals surface area contributed by atoms with E-state index in [2.05, 4.69) is 0 Å². The van der Waals surface area contributed by atoms with Gasteiger partial charge in [-0.25, -0.2) is 0 Å². The van der Waals surface area contributed by atoms with E-state index in [4.69, 9.17) is 34.4 Å². The molecule has 0 aliphatic heterocycles. The van der Waals surface area contributed by atoms with Crippen LogP contribution in [0.25, 0.3) is 0 Å². The van der Waals surface area contributed by atoms with Crippen LogP contribution in [-0.2, 0) is 17.1 Å².